The van der Waals surface area contributed by atoms with Crippen molar-refractivity contribution in [3.05, 3.63) is 63.2 Å². The van der Waals surface area contributed by atoms with Gasteiger partial charge in [-0.1, -0.05) is 35.5 Å². The summed E-state index contributed by atoms with van der Waals surface area (Å²) in [4.78, 5) is 22.3. The number of carboxylic acids is 1. The molecule has 2 rings (SSSR count). The quantitative estimate of drug-likeness (QED) is 0.679. The largest absolute Gasteiger partial charge is 0.478 e. The van der Waals surface area contributed by atoms with Gasteiger partial charge in [-0.25, -0.2) is 4.79 Å². The molecule has 0 unspecified atom stereocenters. The molecule has 0 atom stereocenters. The van der Waals surface area contributed by atoms with E-state index in [-0.39, 0.29) is 11.3 Å². The van der Waals surface area contributed by atoms with Crippen LogP contribution in [0.2, 0.25) is 5.02 Å². The third-order valence-electron chi connectivity index (χ3n) is 2.46. The van der Waals surface area contributed by atoms with Crippen molar-refractivity contribution in [3.63, 3.8) is 0 Å². The summed E-state index contributed by atoms with van der Waals surface area (Å²) in [6.07, 6.45) is 0. The normalized spacial score (nSPS) is 10.2. The van der Waals surface area contributed by atoms with Crippen LogP contribution in [0.5, 0.6) is 0 Å². The Morgan fingerprint density at radius 3 is 2.55 bits per heavy atom. The van der Waals surface area contributed by atoms with Gasteiger partial charge in [0, 0.05) is 16.0 Å². The van der Waals surface area contributed by atoms with E-state index in [1.807, 2.05) is 0 Å². The summed E-state index contributed by atoms with van der Waals surface area (Å²) in [5.41, 5.74) is -0.0219. The predicted octanol–water partition coefficient (Wildman–Crippen LogP) is 4.10. The van der Waals surface area contributed by atoms with E-state index in [9.17, 15) is 14.9 Å². The Labute approximate surface area is 123 Å². The van der Waals surface area contributed by atoms with Crippen LogP contribution in [0, 0.1) is 10.1 Å². The van der Waals surface area contributed by atoms with E-state index in [4.69, 9.17) is 16.7 Å². The molecule has 102 valence electrons. The van der Waals surface area contributed by atoms with Crippen molar-refractivity contribution in [2.75, 3.05) is 0 Å². The monoisotopic (exact) mass is 309 g/mol. The van der Waals surface area contributed by atoms with Gasteiger partial charge in [0.2, 0.25) is 0 Å². The highest BCUT2D eigenvalue weighted by atomic mass is 35.5. The van der Waals surface area contributed by atoms with Crippen molar-refractivity contribution in [3.8, 4) is 0 Å². The molecule has 0 heterocycles. The maximum atomic E-state index is 11.1. The molecular formula is C13H8ClNO4S. The van der Waals surface area contributed by atoms with Gasteiger partial charge in [-0.15, -0.1) is 0 Å². The topological polar surface area (TPSA) is 80.4 Å². The minimum Gasteiger partial charge on any atom is -0.478 e. The van der Waals surface area contributed by atoms with Crippen LogP contribution in [-0.2, 0) is 0 Å². The van der Waals surface area contributed by atoms with Crippen LogP contribution in [0.4, 0.5) is 5.69 Å². The fourth-order valence-corrected chi connectivity index (χ4v) is 2.89. The van der Waals surface area contributed by atoms with Gasteiger partial charge in [0.1, 0.15) is 0 Å². The molecule has 0 amide bonds. The number of hydrogen-bond acceptors (Lipinski definition) is 4. The highest BCUT2D eigenvalue weighted by molar-refractivity contribution is 7.99. The van der Waals surface area contributed by atoms with Crippen LogP contribution in [0.25, 0.3) is 0 Å². The summed E-state index contributed by atoms with van der Waals surface area (Å²) in [7, 11) is 0. The molecule has 0 aliphatic heterocycles. The first-order chi connectivity index (χ1) is 9.49. The third-order valence-corrected chi connectivity index (χ3v) is 3.81. The molecule has 1 N–H and O–H groups in total. The molecule has 2 aromatic rings. The molecule has 0 saturated carbocycles. The smallest absolute Gasteiger partial charge is 0.336 e. The minimum atomic E-state index is -1.09. The third kappa shape index (κ3) is 3.09. The standard InChI is InChI=1S/C13H8ClNO4S/c14-8-5-6-10(15(18)19)12(7-8)20-11-4-2-1-3-9(11)13(16)17/h1-7H,(H,16,17). The number of benzene rings is 2. The zero-order chi connectivity index (χ0) is 14.7. The molecule has 2 aromatic carbocycles. The molecule has 20 heavy (non-hydrogen) atoms. The molecule has 0 fully saturated rings. The van der Waals surface area contributed by atoms with Crippen LogP contribution in [-0.4, -0.2) is 16.0 Å². The summed E-state index contributed by atoms with van der Waals surface area (Å²) < 4.78 is 0. The summed E-state index contributed by atoms with van der Waals surface area (Å²) >= 11 is 6.84. The first kappa shape index (κ1) is 14.4. The molecule has 0 radical (unpaired) electrons. The second-order valence-electron chi connectivity index (χ2n) is 3.77. The summed E-state index contributed by atoms with van der Waals surface area (Å²) in [5.74, 6) is -1.09. The molecule has 5 nitrogen and oxygen atoms in total. The predicted molar refractivity (Wildman–Crippen MR) is 75.6 cm³/mol. The molecule has 0 saturated heterocycles. The van der Waals surface area contributed by atoms with Gasteiger partial charge < -0.3 is 5.11 Å². The molecule has 0 aromatic heterocycles. The average Bonchev–Trinajstić information content (AvgIpc) is 2.38. The lowest BCUT2D eigenvalue weighted by Crippen LogP contribution is -1.98. The molecule has 0 aliphatic rings. The molecule has 0 bridgehead atoms. The number of hydrogen-bond donors (Lipinski definition) is 1. The molecule has 7 heteroatoms. The van der Waals surface area contributed by atoms with Gasteiger partial charge in [-0.2, -0.15) is 0 Å². The van der Waals surface area contributed by atoms with Gasteiger partial charge in [0.15, 0.2) is 0 Å². The van der Waals surface area contributed by atoms with E-state index in [1.165, 1.54) is 24.3 Å². The van der Waals surface area contributed by atoms with Crippen LogP contribution in [0.1, 0.15) is 10.4 Å². The Morgan fingerprint density at radius 2 is 1.90 bits per heavy atom. The summed E-state index contributed by atoms with van der Waals surface area (Å²) in [6.45, 7) is 0. The van der Waals surface area contributed by atoms with Gasteiger partial charge >= 0.3 is 5.97 Å². The maximum absolute atomic E-state index is 11.1. The number of halogens is 1. The van der Waals surface area contributed by atoms with Crippen LogP contribution in [0.15, 0.2) is 52.3 Å². The van der Waals surface area contributed by atoms with Crippen LogP contribution >= 0.6 is 23.4 Å². The summed E-state index contributed by atoms with van der Waals surface area (Å²) in [5, 5.41) is 20.4. The Morgan fingerprint density at radius 1 is 1.20 bits per heavy atom. The number of carboxylic acid groups (broad SMARTS) is 1. The van der Waals surface area contributed by atoms with E-state index >= 15 is 0 Å². The highest BCUT2D eigenvalue weighted by Gasteiger charge is 2.18. The Kier molecular flexibility index (Phi) is 4.26. The van der Waals surface area contributed by atoms with E-state index in [0.29, 0.717) is 14.8 Å². The Hall–Kier alpha value is -2.05. The molecule has 0 aliphatic carbocycles. The molecule has 0 spiro atoms. The van der Waals surface area contributed by atoms with Crippen molar-refractivity contribution in [2.24, 2.45) is 0 Å². The van der Waals surface area contributed by atoms with Crippen LogP contribution in [0.3, 0.4) is 0 Å². The van der Waals surface area contributed by atoms with E-state index < -0.39 is 10.9 Å². The van der Waals surface area contributed by atoms with E-state index in [1.54, 1.807) is 18.2 Å². The maximum Gasteiger partial charge on any atom is 0.336 e. The fourth-order valence-electron chi connectivity index (χ4n) is 1.57. The summed E-state index contributed by atoms with van der Waals surface area (Å²) in [6, 6.07) is 10.5. The number of carbonyl (C=O) groups is 1. The second kappa shape index (κ2) is 5.94. The van der Waals surface area contributed by atoms with Gasteiger partial charge in [-0.05, 0) is 24.3 Å². The Balaban J connectivity index is 2.47. The zero-order valence-electron chi connectivity index (χ0n) is 9.95. The van der Waals surface area contributed by atoms with Crippen molar-refractivity contribution < 1.29 is 14.8 Å². The van der Waals surface area contributed by atoms with Gasteiger partial charge in [0.25, 0.3) is 5.69 Å². The fraction of sp³-hybridized carbons (Fsp3) is 0. The average molecular weight is 310 g/mol. The minimum absolute atomic E-state index is 0.0896. The first-order valence-electron chi connectivity index (χ1n) is 5.43. The SMILES string of the molecule is O=C(O)c1ccccc1Sc1cc(Cl)ccc1[N+](=O)[O-]. The molecular weight excluding hydrogens is 302 g/mol. The van der Waals surface area contributed by atoms with Gasteiger partial charge in [-0.3, -0.25) is 10.1 Å². The van der Waals surface area contributed by atoms with Gasteiger partial charge in [0.05, 0.1) is 15.4 Å². The highest BCUT2D eigenvalue weighted by Crippen LogP contribution is 2.37. The second-order valence-corrected chi connectivity index (χ2v) is 5.29. The van der Waals surface area contributed by atoms with E-state index in [2.05, 4.69) is 0 Å². The van der Waals surface area contributed by atoms with Crippen LogP contribution < -0.4 is 0 Å². The first-order valence-corrected chi connectivity index (χ1v) is 6.62. The van der Waals surface area contributed by atoms with Crippen molar-refractivity contribution in [1.29, 1.82) is 0 Å². The lowest BCUT2D eigenvalue weighted by Gasteiger charge is -2.06. The number of nitro groups is 1. The number of rotatable bonds is 4. The van der Waals surface area contributed by atoms with E-state index in [0.717, 1.165) is 11.8 Å². The lowest BCUT2D eigenvalue weighted by atomic mass is 10.2. The lowest BCUT2D eigenvalue weighted by molar-refractivity contribution is -0.387. The van der Waals surface area contributed by atoms with Crippen molar-refractivity contribution in [1.82, 2.24) is 0 Å². The number of nitro benzene ring substituents is 1. The number of nitrogens with zero attached hydrogens (tertiary/aromatic N) is 1. The number of aromatic carboxylic acids is 1. The zero-order valence-corrected chi connectivity index (χ0v) is 11.5. The Bertz CT molecular complexity index is 690. The van der Waals surface area contributed by atoms with Crippen molar-refractivity contribution >= 4 is 35.0 Å². The van der Waals surface area contributed by atoms with Crippen molar-refractivity contribution in [2.45, 2.75) is 9.79 Å².